The average molecular weight is 271 g/mol. The Morgan fingerprint density at radius 1 is 1.21 bits per heavy atom. The number of carbonyl (C=O) groups excluding carboxylic acids is 2. The number of nitrogens with zero attached hydrogens (tertiary/aromatic N) is 1. The second kappa shape index (κ2) is 7.08. The largest absolute Gasteiger partial charge is 0.481 e. The number of aliphatic carboxylic acids is 1. The Labute approximate surface area is 112 Å². The minimum atomic E-state index is -0.848. The summed E-state index contributed by atoms with van der Waals surface area (Å²) in [4.78, 5) is 34.9. The molecule has 0 spiro atoms. The van der Waals surface area contributed by atoms with Crippen molar-refractivity contribution in [3.05, 3.63) is 0 Å². The van der Waals surface area contributed by atoms with Gasteiger partial charge in [0.25, 0.3) is 0 Å². The van der Waals surface area contributed by atoms with Gasteiger partial charge in [0.2, 0.25) is 11.8 Å². The molecule has 0 aromatic rings. The summed E-state index contributed by atoms with van der Waals surface area (Å²) in [5.41, 5.74) is 0. The SMILES string of the molecule is CC(=O)NCCN1CC(NC(C)=O)CC(C(=O)O)C1. The predicted octanol–water partition coefficient (Wildman–Crippen LogP) is -0.966. The lowest BCUT2D eigenvalue weighted by Gasteiger charge is -2.36. The van der Waals surface area contributed by atoms with E-state index in [1.54, 1.807) is 0 Å². The molecule has 2 unspecified atom stereocenters. The molecule has 0 aromatic carbocycles. The van der Waals surface area contributed by atoms with Crippen molar-refractivity contribution < 1.29 is 19.5 Å². The lowest BCUT2D eigenvalue weighted by atomic mass is 9.94. The second-order valence-electron chi connectivity index (χ2n) is 4.91. The third-order valence-electron chi connectivity index (χ3n) is 3.08. The number of rotatable bonds is 5. The standard InChI is InChI=1S/C12H21N3O4/c1-8(16)13-3-4-15-6-10(12(18)19)5-11(7-15)14-9(2)17/h10-11H,3-7H2,1-2H3,(H,13,16)(H,14,17)(H,18,19). The molecule has 1 saturated heterocycles. The first kappa shape index (κ1) is 15.4. The lowest BCUT2D eigenvalue weighted by molar-refractivity contribution is -0.144. The quantitative estimate of drug-likeness (QED) is 0.598. The minimum Gasteiger partial charge on any atom is -0.481 e. The molecule has 1 aliphatic heterocycles. The molecule has 1 fully saturated rings. The number of carbonyl (C=O) groups is 3. The van der Waals surface area contributed by atoms with E-state index in [4.69, 9.17) is 5.11 Å². The topological polar surface area (TPSA) is 98.7 Å². The first-order valence-corrected chi connectivity index (χ1v) is 6.35. The number of likely N-dealkylation sites (tertiary alicyclic amines) is 1. The molecular formula is C12H21N3O4. The van der Waals surface area contributed by atoms with E-state index in [2.05, 4.69) is 10.6 Å². The minimum absolute atomic E-state index is 0.106. The van der Waals surface area contributed by atoms with Crippen LogP contribution in [-0.2, 0) is 14.4 Å². The van der Waals surface area contributed by atoms with Crippen LogP contribution in [0.5, 0.6) is 0 Å². The third-order valence-corrected chi connectivity index (χ3v) is 3.08. The molecular weight excluding hydrogens is 250 g/mol. The van der Waals surface area contributed by atoms with E-state index in [1.807, 2.05) is 4.90 Å². The molecule has 0 aliphatic carbocycles. The highest BCUT2D eigenvalue weighted by Gasteiger charge is 2.31. The van der Waals surface area contributed by atoms with Gasteiger partial charge in [0.15, 0.2) is 0 Å². The van der Waals surface area contributed by atoms with Gasteiger partial charge in [-0.3, -0.25) is 19.3 Å². The van der Waals surface area contributed by atoms with Gasteiger partial charge in [-0.25, -0.2) is 0 Å². The molecule has 1 rings (SSSR count). The van der Waals surface area contributed by atoms with Crippen LogP contribution in [0, 0.1) is 5.92 Å². The van der Waals surface area contributed by atoms with Gasteiger partial charge in [-0.15, -0.1) is 0 Å². The molecule has 108 valence electrons. The fourth-order valence-corrected chi connectivity index (χ4v) is 2.33. The van der Waals surface area contributed by atoms with Gasteiger partial charge >= 0.3 is 5.97 Å². The zero-order chi connectivity index (χ0) is 14.4. The van der Waals surface area contributed by atoms with Crippen molar-refractivity contribution in [1.29, 1.82) is 0 Å². The zero-order valence-electron chi connectivity index (χ0n) is 11.3. The van der Waals surface area contributed by atoms with E-state index < -0.39 is 11.9 Å². The number of hydrogen-bond acceptors (Lipinski definition) is 4. The highest BCUT2D eigenvalue weighted by atomic mass is 16.4. The maximum atomic E-state index is 11.1. The number of amides is 2. The van der Waals surface area contributed by atoms with Crippen molar-refractivity contribution in [2.45, 2.75) is 26.3 Å². The number of carboxylic acids is 1. The molecule has 2 atom stereocenters. The van der Waals surface area contributed by atoms with E-state index in [0.717, 1.165) is 0 Å². The van der Waals surface area contributed by atoms with Crippen molar-refractivity contribution in [2.75, 3.05) is 26.2 Å². The Hall–Kier alpha value is -1.63. The van der Waals surface area contributed by atoms with Gasteiger partial charge < -0.3 is 15.7 Å². The molecule has 1 aliphatic rings. The molecule has 19 heavy (non-hydrogen) atoms. The molecule has 2 amide bonds. The highest BCUT2D eigenvalue weighted by molar-refractivity contribution is 5.74. The average Bonchev–Trinajstić information content (AvgIpc) is 2.27. The van der Waals surface area contributed by atoms with E-state index in [1.165, 1.54) is 13.8 Å². The summed E-state index contributed by atoms with van der Waals surface area (Å²) in [5.74, 6) is -1.59. The Balaban J connectivity index is 2.52. The van der Waals surface area contributed by atoms with Crippen molar-refractivity contribution in [2.24, 2.45) is 5.92 Å². The van der Waals surface area contributed by atoms with Crippen LogP contribution < -0.4 is 10.6 Å². The number of piperidine rings is 1. The van der Waals surface area contributed by atoms with Gasteiger partial charge in [0.1, 0.15) is 0 Å². The fourth-order valence-electron chi connectivity index (χ4n) is 2.33. The molecule has 1 heterocycles. The van der Waals surface area contributed by atoms with Gasteiger partial charge in [-0.05, 0) is 6.42 Å². The monoisotopic (exact) mass is 271 g/mol. The maximum Gasteiger partial charge on any atom is 0.307 e. The summed E-state index contributed by atoms with van der Waals surface area (Å²) < 4.78 is 0. The van der Waals surface area contributed by atoms with Crippen LogP contribution >= 0.6 is 0 Å². The van der Waals surface area contributed by atoms with Crippen molar-refractivity contribution in [3.63, 3.8) is 0 Å². The number of nitrogens with one attached hydrogen (secondary N) is 2. The Kier molecular flexibility index (Phi) is 5.75. The van der Waals surface area contributed by atoms with Crippen LogP contribution in [0.15, 0.2) is 0 Å². The van der Waals surface area contributed by atoms with E-state index >= 15 is 0 Å². The number of carboxylic acid groups (broad SMARTS) is 1. The summed E-state index contributed by atoms with van der Waals surface area (Å²) >= 11 is 0. The first-order chi connectivity index (χ1) is 8.88. The van der Waals surface area contributed by atoms with E-state index in [9.17, 15) is 14.4 Å². The molecule has 7 heteroatoms. The van der Waals surface area contributed by atoms with Gasteiger partial charge in [-0.2, -0.15) is 0 Å². The smallest absolute Gasteiger partial charge is 0.307 e. The predicted molar refractivity (Wildman–Crippen MR) is 68.5 cm³/mol. The van der Waals surface area contributed by atoms with Crippen LogP contribution in [0.4, 0.5) is 0 Å². The Bertz CT molecular complexity index is 359. The summed E-state index contributed by atoms with van der Waals surface area (Å²) in [5, 5.41) is 14.6. The van der Waals surface area contributed by atoms with Crippen LogP contribution in [0.3, 0.4) is 0 Å². The van der Waals surface area contributed by atoms with Crippen molar-refractivity contribution >= 4 is 17.8 Å². The third kappa shape index (κ3) is 5.69. The van der Waals surface area contributed by atoms with Gasteiger partial charge in [-0.1, -0.05) is 0 Å². The van der Waals surface area contributed by atoms with Crippen LogP contribution in [0.1, 0.15) is 20.3 Å². The lowest BCUT2D eigenvalue weighted by Crippen LogP contribution is -2.53. The van der Waals surface area contributed by atoms with Crippen LogP contribution in [0.2, 0.25) is 0 Å². The Morgan fingerprint density at radius 2 is 1.89 bits per heavy atom. The Morgan fingerprint density at radius 3 is 2.42 bits per heavy atom. The molecule has 0 aromatic heterocycles. The molecule has 0 saturated carbocycles. The molecule has 7 nitrogen and oxygen atoms in total. The van der Waals surface area contributed by atoms with Crippen LogP contribution in [0.25, 0.3) is 0 Å². The normalized spacial score (nSPS) is 23.7. The summed E-state index contributed by atoms with van der Waals surface area (Å²) in [6.07, 6.45) is 0.450. The summed E-state index contributed by atoms with van der Waals surface area (Å²) in [6, 6.07) is -0.148. The molecule has 0 bridgehead atoms. The van der Waals surface area contributed by atoms with Gasteiger partial charge in [0, 0.05) is 46.1 Å². The van der Waals surface area contributed by atoms with Crippen molar-refractivity contribution in [1.82, 2.24) is 15.5 Å². The summed E-state index contributed by atoms with van der Waals surface area (Å²) in [6.45, 7) is 4.99. The summed E-state index contributed by atoms with van der Waals surface area (Å²) in [7, 11) is 0. The van der Waals surface area contributed by atoms with E-state index in [-0.39, 0.29) is 17.9 Å². The van der Waals surface area contributed by atoms with E-state index in [0.29, 0.717) is 32.6 Å². The molecule has 0 radical (unpaired) electrons. The number of hydrogen-bond donors (Lipinski definition) is 3. The fraction of sp³-hybridized carbons (Fsp3) is 0.750. The first-order valence-electron chi connectivity index (χ1n) is 6.35. The zero-order valence-corrected chi connectivity index (χ0v) is 11.3. The maximum absolute atomic E-state index is 11.1. The highest BCUT2D eigenvalue weighted by Crippen LogP contribution is 2.17. The molecule has 3 N–H and O–H groups in total. The van der Waals surface area contributed by atoms with Gasteiger partial charge in [0.05, 0.1) is 5.92 Å². The van der Waals surface area contributed by atoms with Crippen LogP contribution in [-0.4, -0.2) is 60.0 Å². The second-order valence-corrected chi connectivity index (χ2v) is 4.91. The van der Waals surface area contributed by atoms with Crippen molar-refractivity contribution in [3.8, 4) is 0 Å².